The summed E-state index contributed by atoms with van der Waals surface area (Å²) >= 11 is 0. The quantitative estimate of drug-likeness (QED) is 0.777. The zero-order valence-corrected chi connectivity index (χ0v) is 12.7. The van der Waals surface area contributed by atoms with E-state index in [0.29, 0.717) is 24.3 Å². The zero-order chi connectivity index (χ0) is 16.1. The lowest BCUT2D eigenvalue weighted by Gasteiger charge is -2.03. The van der Waals surface area contributed by atoms with Crippen LogP contribution in [0.1, 0.15) is 21.9 Å². The molecule has 0 bridgehead atoms. The lowest BCUT2D eigenvalue weighted by Crippen LogP contribution is -2.13. The van der Waals surface area contributed by atoms with Crippen LogP contribution in [0, 0.1) is 6.92 Å². The number of nitrogens with zero attached hydrogens (tertiary/aromatic N) is 5. The maximum absolute atomic E-state index is 12.1. The van der Waals surface area contributed by atoms with E-state index in [0.717, 1.165) is 11.5 Å². The minimum Gasteiger partial charge on any atom is -0.305 e. The Kier molecular flexibility index (Phi) is 4.37. The van der Waals surface area contributed by atoms with Crippen molar-refractivity contribution in [2.24, 2.45) is 0 Å². The van der Waals surface area contributed by atoms with E-state index in [9.17, 15) is 4.79 Å². The van der Waals surface area contributed by atoms with Gasteiger partial charge in [0.2, 0.25) is 0 Å². The molecular formula is C16H16N6O. The first-order chi connectivity index (χ1) is 11.2. The van der Waals surface area contributed by atoms with Crippen molar-refractivity contribution >= 4 is 11.7 Å². The number of pyridine rings is 1. The first-order valence-corrected chi connectivity index (χ1v) is 7.24. The molecule has 3 rings (SSSR count). The van der Waals surface area contributed by atoms with Crippen molar-refractivity contribution in [2.45, 2.75) is 19.9 Å². The molecule has 0 aliphatic carbocycles. The number of anilines is 1. The van der Waals surface area contributed by atoms with Gasteiger partial charge in [0, 0.05) is 49.5 Å². The van der Waals surface area contributed by atoms with Crippen LogP contribution in [0.4, 0.5) is 5.82 Å². The third kappa shape index (κ3) is 3.76. The van der Waals surface area contributed by atoms with Crippen LogP contribution in [0.15, 0.2) is 49.1 Å². The van der Waals surface area contributed by atoms with Gasteiger partial charge in [-0.25, -0.2) is 9.97 Å². The number of hydrogen-bond donors (Lipinski definition) is 1. The fourth-order valence-electron chi connectivity index (χ4n) is 2.15. The van der Waals surface area contributed by atoms with E-state index in [4.69, 9.17) is 0 Å². The molecule has 0 aromatic carbocycles. The number of aromatic nitrogens is 5. The molecule has 1 N–H and O–H groups in total. The third-order valence-electron chi connectivity index (χ3n) is 3.31. The second-order valence-corrected chi connectivity index (χ2v) is 5.00. The molecule has 1 amide bonds. The third-order valence-corrected chi connectivity index (χ3v) is 3.31. The van der Waals surface area contributed by atoms with Crippen molar-refractivity contribution in [3.05, 3.63) is 66.1 Å². The standard InChI is InChI=1S/C16H16N6O/c1-12-10-15(20-16(23)13-4-2-6-17-11-13)21-22(12)9-5-14-18-7-3-8-19-14/h2-4,6-8,10-11H,5,9H2,1H3,(H,20,21,23). The Morgan fingerprint density at radius 2 is 2.04 bits per heavy atom. The lowest BCUT2D eigenvalue weighted by atomic mass is 10.3. The SMILES string of the molecule is Cc1cc(NC(=O)c2cccnc2)nn1CCc1ncccn1. The first-order valence-electron chi connectivity index (χ1n) is 7.24. The highest BCUT2D eigenvalue weighted by Gasteiger charge is 2.10. The minimum absolute atomic E-state index is 0.228. The Hall–Kier alpha value is -3.09. The average Bonchev–Trinajstić information content (AvgIpc) is 2.94. The van der Waals surface area contributed by atoms with Gasteiger partial charge in [0.05, 0.1) is 5.56 Å². The molecule has 0 radical (unpaired) electrons. The molecule has 116 valence electrons. The van der Waals surface area contributed by atoms with Crippen LogP contribution >= 0.6 is 0 Å². The molecule has 0 spiro atoms. The predicted molar refractivity (Wildman–Crippen MR) is 84.9 cm³/mol. The molecule has 0 atom stereocenters. The number of carbonyl (C=O) groups is 1. The van der Waals surface area contributed by atoms with Gasteiger partial charge in [-0.3, -0.25) is 14.5 Å². The summed E-state index contributed by atoms with van der Waals surface area (Å²) in [5.74, 6) is 1.06. The van der Waals surface area contributed by atoms with E-state index in [-0.39, 0.29) is 5.91 Å². The Morgan fingerprint density at radius 1 is 1.22 bits per heavy atom. The molecule has 7 nitrogen and oxygen atoms in total. The van der Waals surface area contributed by atoms with Gasteiger partial charge in [-0.05, 0) is 25.1 Å². The normalized spacial score (nSPS) is 10.5. The van der Waals surface area contributed by atoms with Crippen LogP contribution in [0.3, 0.4) is 0 Å². The second kappa shape index (κ2) is 6.78. The van der Waals surface area contributed by atoms with E-state index in [1.165, 1.54) is 6.20 Å². The summed E-state index contributed by atoms with van der Waals surface area (Å²) in [4.78, 5) is 24.4. The summed E-state index contributed by atoms with van der Waals surface area (Å²) in [5, 5.41) is 7.17. The smallest absolute Gasteiger partial charge is 0.258 e. The average molecular weight is 308 g/mol. The van der Waals surface area contributed by atoms with E-state index in [2.05, 4.69) is 25.4 Å². The van der Waals surface area contributed by atoms with Gasteiger partial charge in [-0.15, -0.1) is 0 Å². The predicted octanol–water partition coefficient (Wildman–Crippen LogP) is 1.87. The topological polar surface area (TPSA) is 85.6 Å². The molecule has 0 aliphatic rings. The maximum Gasteiger partial charge on any atom is 0.258 e. The van der Waals surface area contributed by atoms with Gasteiger partial charge < -0.3 is 5.32 Å². The Balaban J connectivity index is 1.65. The first kappa shape index (κ1) is 14.8. The van der Waals surface area contributed by atoms with Crippen LogP contribution in [0.25, 0.3) is 0 Å². The van der Waals surface area contributed by atoms with E-state index in [1.54, 1.807) is 36.8 Å². The molecule has 0 unspecified atom stereocenters. The number of rotatable bonds is 5. The van der Waals surface area contributed by atoms with Crippen molar-refractivity contribution in [2.75, 3.05) is 5.32 Å². The highest BCUT2D eigenvalue weighted by molar-refractivity contribution is 6.03. The monoisotopic (exact) mass is 308 g/mol. The lowest BCUT2D eigenvalue weighted by molar-refractivity contribution is 0.102. The Labute approximate surface area is 133 Å². The van der Waals surface area contributed by atoms with Gasteiger partial charge >= 0.3 is 0 Å². The van der Waals surface area contributed by atoms with Crippen molar-refractivity contribution in [1.82, 2.24) is 24.7 Å². The van der Waals surface area contributed by atoms with Crippen LogP contribution in [0.2, 0.25) is 0 Å². The Bertz CT molecular complexity index is 785. The molecule has 0 saturated heterocycles. The van der Waals surface area contributed by atoms with Crippen molar-refractivity contribution in [3.63, 3.8) is 0 Å². The van der Waals surface area contributed by atoms with Crippen LogP contribution in [-0.4, -0.2) is 30.6 Å². The highest BCUT2D eigenvalue weighted by Crippen LogP contribution is 2.11. The van der Waals surface area contributed by atoms with Crippen LogP contribution in [0.5, 0.6) is 0 Å². The van der Waals surface area contributed by atoms with E-state index in [1.807, 2.05) is 17.7 Å². The highest BCUT2D eigenvalue weighted by atomic mass is 16.1. The maximum atomic E-state index is 12.1. The molecule has 0 saturated carbocycles. The van der Waals surface area contributed by atoms with E-state index < -0.39 is 0 Å². The number of aryl methyl sites for hydroxylation is 3. The molecule has 7 heteroatoms. The number of hydrogen-bond acceptors (Lipinski definition) is 5. The van der Waals surface area contributed by atoms with Gasteiger partial charge in [0.15, 0.2) is 5.82 Å². The number of carbonyl (C=O) groups excluding carboxylic acids is 1. The Morgan fingerprint density at radius 3 is 2.78 bits per heavy atom. The number of amides is 1. The fraction of sp³-hybridized carbons (Fsp3) is 0.188. The van der Waals surface area contributed by atoms with Gasteiger partial charge in [0.25, 0.3) is 5.91 Å². The van der Waals surface area contributed by atoms with Crippen LogP contribution in [-0.2, 0) is 13.0 Å². The van der Waals surface area contributed by atoms with Gasteiger partial charge in [0.1, 0.15) is 5.82 Å². The minimum atomic E-state index is -0.228. The summed E-state index contributed by atoms with van der Waals surface area (Å²) in [6.45, 7) is 2.59. The summed E-state index contributed by atoms with van der Waals surface area (Å²) in [6.07, 6.45) is 7.27. The number of nitrogens with one attached hydrogen (secondary N) is 1. The van der Waals surface area contributed by atoms with E-state index >= 15 is 0 Å². The molecule has 0 fully saturated rings. The molecule has 3 aromatic heterocycles. The van der Waals surface area contributed by atoms with Crippen molar-refractivity contribution < 1.29 is 4.79 Å². The molecule has 3 heterocycles. The fourth-order valence-corrected chi connectivity index (χ4v) is 2.15. The summed E-state index contributed by atoms with van der Waals surface area (Å²) in [7, 11) is 0. The molecule has 0 aliphatic heterocycles. The summed E-state index contributed by atoms with van der Waals surface area (Å²) < 4.78 is 1.83. The largest absolute Gasteiger partial charge is 0.305 e. The summed E-state index contributed by atoms with van der Waals surface area (Å²) in [5.41, 5.74) is 1.46. The van der Waals surface area contributed by atoms with Crippen molar-refractivity contribution in [3.8, 4) is 0 Å². The van der Waals surface area contributed by atoms with Gasteiger partial charge in [-0.1, -0.05) is 0 Å². The van der Waals surface area contributed by atoms with Crippen LogP contribution < -0.4 is 5.32 Å². The summed E-state index contributed by atoms with van der Waals surface area (Å²) in [6, 6.07) is 7.05. The molecular weight excluding hydrogens is 292 g/mol. The second-order valence-electron chi connectivity index (χ2n) is 5.00. The molecule has 23 heavy (non-hydrogen) atoms. The van der Waals surface area contributed by atoms with Gasteiger partial charge in [-0.2, -0.15) is 5.10 Å². The zero-order valence-electron chi connectivity index (χ0n) is 12.7. The molecule has 3 aromatic rings. The van der Waals surface area contributed by atoms with Crippen molar-refractivity contribution in [1.29, 1.82) is 0 Å².